The number of hydrogen-bond donors (Lipinski definition) is 1. The van der Waals surface area contributed by atoms with Crippen LogP contribution in [0.5, 0.6) is 0 Å². The highest BCUT2D eigenvalue weighted by Crippen LogP contribution is 2.48. The molecule has 0 atom stereocenters. The van der Waals surface area contributed by atoms with Crippen molar-refractivity contribution in [2.24, 2.45) is 5.41 Å². The highest BCUT2D eigenvalue weighted by molar-refractivity contribution is 5.46. The van der Waals surface area contributed by atoms with Crippen molar-refractivity contribution in [2.45, 2.75) is 19.3 Å². The Morgan fingerprint density at radius 3 is 2.29 bits per heavy atom. The van der Waals surface area contributed by atoms with Crippen molar-refractivity contribution >= 4 is 5.69 Å². The summed E-state index contributed by atoms with van der Waals surface area (Å²) in [6.07, 6.45) is 2.11. The highest BCUT2D eigenvalue weighted by atomic mass is 19.1. The molecule has 0 saturated heterocycles. The lowest BCUT2D eigenvalue weighted by atomic mass is 10.0. The van der Waals surface area contributed by atoms with Gasteiger partial charge in [0, 0.05) is 30.5 Å². The van der Waals surface area contributed by atoms with E-state index in [-0.39, 0.29) is 11.1 Å². The molecule has 90 valence electrons. The first-order chi connectivity index (χ1) is 8.06. The van der Waals surface area contributed by atoms with Crippen LogP contribution < -0.4 is 5.32 Å². The molecular formula is C12H11F3N2. The number of nitrogens with zero attached hydrogens (tertiary/aromatic N) is 1. The smallest absolute Gasteiger partial charge is 0.152 e. The van der Waals surface area contributed by atoms with Crippen LogP contribution in [0.1, 0.15) is 19.3 Å². The van der Waals surface area contributed by atoms with E-state index in [0.29, 0.717) is 25.1 Å². The van der Waals surface area contributed by atoms with E-state index in [1.54, 1.807) is 0 Å². The molecule has 0 bridgehead atoms. The van der Waals surface area contributed by atoms with Crippen LogP contribution in [-0.4, -0.2) is 6.54 Å². The van der Waals surface area contributed by atoms with Gasteiger partial charge in [0.15, 0.2) is 11.6 Å². The summed E-state index contributed by atoms with van der Waals surface area (Å²) in [4.78, 5) is 0. The van der Waals surface area contributed by atoms with Gasteiger partial charge in [-0.1, -0.05) is 0 Å². The Morgan fingerprint density at radius 1 is 1.24 bits per heavy atom. The van der Waals surface area contributed by atoms with Gasteiger partial charge in [0.2, 0.25) is 0 Å². The summed E-state index contributed by atoms with van der Waals surface area (Å²) in [7, 11) is 0. The van der Waals surface area contributed by atoms with E-state index in [1.165, 1.54) is 0 Å². The largest absolute Gasteiger partial charge is 0.380 e. The Hall–Kier alpha value is -1.70. The second kappa shape index (κ2) is 4.28. The van der Waals surface area contributed by atoms with Gasteiger partial charge in [0.25, 0.3) is 0 Å². The predicted octanol–water partition coefficient (Wildman–Crippen LogP) is 3.21. The lowest BCUT2D eigenvalue weighted by Crippen LogP contribution is -2.16. The molecule has 1 saturated carbocycles. The average Bonchev–Trinajstić information content (AvgIpc) is 2.97. The lowest BCUT2D eigenvalue weighted by molar-refractivity contribution is 0.530. The van der Waals surface area contributed by atoms with E-state index in [4.69, 9.17) is 5.26 Å². The first-order valence-electron chi connectivity index (χ1n) is 5.32. The van der Waals surface area contributed by atoms with E-state index >= 15 is 0 Å². The minimum atomic E-state index is -0.949. The summed E-state index contributed by atoms with van der Waals surface area (Å²) >= 11 is 0. The van der Waals surface area contributed by atoms with Crippen molar-refractivity contribution in [2.75, 3.05) is 11.9 Å². The molecule has 1 fully saturated rings. The zero-order valence-electron chi connectivity index (χ0n) is 9.06. The summed E-state index contributed by atoms with van der Waals surface area (Å²) in [5.41, 5.74) is -0.488. The van der Waals surface area contributed by atoms with Crippen LogP contribution in [0.25, 0.3) is 0 Å². The van der Waals surface area contributed by atoms with Gasteiger partial charge >= 0.3 is 0 Å². The summed E-state index contributed by atoms with van der Waals surface area (Å²) in [6, 6.07) is 3.33. The number of hydrogen-bond acceptors (Lipinski definition) is 2. The zero-order valence-corrected chi connectivity index (χ0v) is 9.06. The van der Waals surface area contributed by atoms with Crippen LogP contribution in [0.4, 0.5) is 18.9 Å². The molecule has 1 aromatic rings. The van der Waals surface area contributed by atoms with Gasteiger partial charge in [0.05, 0.1) is 6.07 Å². The molecule has 0 unspecified atom stereocenters. The van der Waals surface area contributed by atoms with Gasteiger partial charge in [-0.25, -0.2) is 13.2 Å². The van der Waals surface area contributed by atoms with Gasteiger partial charge in [-0.2, -0.15) is 5.26 Å². The maximum absolute atomic E-state index is 13.3. The SMILES string of the molecule is N#CCC1(CNc2c(F)cc(F)cc2F)CC1. The molecule has 1 aromatic carbocycles. The number of nitrogens with one attached hydrogen (secondary N) is 1. The average molecular weight is 240 g/mol. The second-order valence-corrected chi connectivity index (χ2v) is 4.43. The number of rotatable bonds is 4. The fraction of sp³-hybridized carbons (Fsp3) is 0.417. The van der Waals surface area contributed by atoms with E-state index in [2.05, 4.69) is 11.4 Å². The Kier molecular flexibility index (Phi) is 2.97. The van der Waals surface area contributed by atoms with Crippen LogP contribution in [0.15, 0.2) is 12.1 Å². The van der Waals surface area contributed by atoms with Gasteiger partial charge < -0.3 is 5.32 Å². The van der Waals surface area contributed by atoms with Crippen molar-refractivity contribution in [1.29, 1.82) is 5.26 Å². The molecule has 0 amide bonds. The molecule has 2 nitrogen and oxygen atoms in total. The normalized spacial score (nSPS) is 16.4. The van der Waals surface area contributed by atoms with Crippen LogP contribution in [0, 0.1) is 34.2 Å². The van der Waals surface area contributed by atoms with Gasteiger partial charge in [-0.3, -0.25) is 0 Å². The number of halogens is 3. The molecule has 0 radical (unpaired) electrons. The summed E-state index contributed by atoms with van der Waals surface area (Å²) in [5.74, 6) is -2.84. The molecule has 0 heterocycles. The molecule has 0 aromatic heterocycles. The number of anilines is 1. The topological polar surface area (TPSA) is 35.8 Å². The lowest BCUT2D eigenvalue weighted by Gasteiger charge is -2.14. The van der Waals surface area contributed by atoms with Crippen molar-refractivity contribution in [3.8, 4) is 6.07 Å². The fourth-order valence-corrected chi connectivity index (χ4v) is 1.75. The van der Waals surface area contributed by atoms with E-state index in [1.807, 2.05) is 0 Å². The Balaban J connectivity index is 2.07. The van der Waals surface area contributed by atoms with E-state index in [9.17, 15) is 13.2 Å². The maximum Gasteiger partial charge on any atom is 0.152 e. The molecule has 17 heavy (non-hydrogen) atoms. The molecule has 1 aliphatic rings. The first kappa shape index (κ1) is 11.8. The molecule has 1 aliphatic carbocycles. The minimum Gasteiger partial charge on any atom is -0.380 e. The van der Waals surface area contributed by atoms with Crippen LogP contribution in [0.3, 0.4) is 0 Å². The number of nitriles is 1. The van der Waals surface area contributed by atoms with Crippen molar-refractivity contribution < 1.29 is 13.2 Å². The molecule has 0 spiro atoms. The summed E-state index contributed by atoms with van der Waals surface area (Å²) < 4.78 is 39.2. The standard InChI is InChI=1S/C12H11F3N2/c13-8-5-9(14)11(10(15)6-8)17-7-12(1-2-12)3-4-16/h5-6,17H,1-3,7H2. The van der Waals surface area contributed by atoms with Crippen molar-refractivity contribution in [1.82, 2.24) is 0 Å². The summed E-state index contributed by atoms with van der Waals surface area (Å²) in [5, 5.41) is 11.2. The van der Waals surface area contributed by atoms with Crippen molar-refractivity contribution in [3.63, 3.8) is 0 Å². The Bertz CT molecular complexity index is 452. The Morgan fingerprint density at radius 2 is 1.82 bits per heavy atom. The third-order valence-corrected chi connectivity index (χ3v) is 3.06. The third kappa shape index (κ3) is 2.52. The molecule has 2 rings (SSSR count). The van der Waals surface area contributed by atoms with E-state index in [0.717, 1.165) is 12.8 Å². The predicted molar refractivity (Wildman–Crippen MR) is 56.7 cm³/mol. The van der Waals surface area contributed by atoms with Gasteiger partial charge in [-0.05, 0) is 12.8 Å². The monoisotopic (exact) mass is 240 g/mol. The molecule has 0 aliphatic heterocycles. The maximum atomic E-state index is 13.3. The third-order valence-electron chi connectivity index (χ3n) is 3.06. The first-order valence-corrected chi connectivity index (χ1v) is 5.32. The zero-order chi connectivity index (χ0) is 12.5. The molecule has 1 N–H and O–H groups in total. The van der Waals surface area contributed by atoms with Gasteiger partial charge in [-0.15, -0.1) is 0 Å². The summed E-state index contributed by atoms with van der Waals surface area (Å²) in [6.45, 7) is 0.333. The second-order valence-electron chi connectivity index (χ2n) is 4.43. The van der Waals surface area contributed by atoms with Crippen molar-refractivity contribution in [3.05, 3.63) is 29.6 Å². The van der Waals surface area contributed by atoms with Crippen LogP contribution in [0.2, 0.25) is 0 Å². The van der Waals surface area contributed by atoms with Gasteiger partial charge in [0.1, 0.15) is 11.5 Å². The number of benzene rings is 1. The Labute approximate surface area is 97.1 Å². The molecule has 5 heteroatoms. The fourth-order valence-electron chi connectivity index (χ4n) is 1.75. The van der Waals surface area contributed by atoms with E-state index < -0.39 is 17.5 Å². The molecular weight excluding hydrogens is 229 g/mol. The quantitative estimate of drug-likeness (QED) is 0.877. The highest BCUT2D eigenvalue weighted by Gasteiger charge is 2.42. The minimum absolute atomic E-state index is 0.165. The van der Waals surface area contributed by atoms with Crippen LogP contribution in [-0.2, 0) is 0 Å². The van der Waals surface area contributed by atoms with Crippen LogP contribution >= 0.6 is 0 Å².